The lowest BCUT2D eigenvalue weighted by molar-refractivity contribution is -0.118. The molecule has 2 amide bonds. The molecule has 1 atom stereocenters. The number of hydrogen-bond acceptors (Lipinski definition) is 6. The molecule has 3 rings (SSSR count). The first-order valence-corrected chi connectivity index (χ1v) is 8.88. The van der Waals surface area contributed by atoms with Crippen LogP contribution in [0.4, 0.5) is 5.13 Å². The molecule has 2 N–H and O–H groups in total. The highest BCUT2D eigenvalue weighted by atomic mass is 32.1. The monoisotopic (exact) mass is 371 g/mol. The quantitative estimate of drug-likeness (QED) is 0.672. The number of anilines is 1. The van der Waals surface area contributed by atoms with Crippen molar-refractivity contribution in [3.8, 4) is 0 Å². The molecule has 7 nitrogen and oxygen atoms in total. The summed E-state index contributed by atoms with van der Waals surface area (Å²) in [7, 11) is 0. The number of thiazole rings is 1. The van der Waals surface area contributed by atoms with Crippen molar-refractivity contribution < 1.29 is 14.0 Å². The number of rotatable bonds is 5. The number of para-hydroxylation sites is 1. The smallest absolute Gasteiger partial charge is 0.349 e. The third-order valence-electron chi connectivity index (χ3n) is 3.78. The number of benzene rings is 1. The van der Waals surface area contributed by atoms with Gasteiger partial charge in [-0.05, 0) is 18.1 Å². The van der Waals surface area contributed by atoms with Crippen molar-refractivity contribution >= 4 is 39.3 Å². The number of carbonyl (C=O) groups excluding carboxylic acids is 2. The Morgan fingerprint density at radius 3 is 2.69 bits per heavy atom. The minimum atomic E-state index is -0.822. The molecule has 1 unspecified atom stereocenters. The Kier molecular flexibility index (Phi) is 5.13. The fourth-order valence-corrected chi connectivity index (χ4v) is 2.97. The average Bonchev–Trinajstić information content (AvgIpc) is 3.11. The molecule has 0 spiro atoms. The summed E-state index contributed by atoms with van der Waals surface area (Å²) in [4.78, 5) is 41.1. The number of nitrogens with zero attached hydrogens (tertiary/aromatic N) is 1. The zero-order chi connectivity index (χ0) is 18.7. The van der Waals surface area contributed by atoms with Crippen LogP contribution in [0.1, 0.15) is 24.2 Å². The second-order valence-corrected chi connectivity index (χ2v) is 6.90. The standard InChI is InChI=1S/C18H17N3O4S/c1-10(2)14(16(23)21-18-19-7-8-26-18)20-15(22)12-9-11-5-3-4-6-13(11)25-17(12)24/h3-10,14H,1-2H3,(H,20,22)(H,19,21,23). The second-order valence-electron chi connectivity index (χ2n) is 6.01. The predicted octanol–water partition coefficient (Wildman–Crippen LogP) is 2.64. The van der Waals surface area contributed by atoms with Gasteiger partial charge >= 0.3 is 5.63 Å². The largest absolute Gasteiger partial charge is 0.422 e. The molecule has 0 fully saturated rings. The Balaban J connectivity index is 1.83. The zero-order valence-corrected chi connectivity index (χ0v) is 15.0. The van der Waals surface area contributed by atoms with Gasteiger partial charge in [-0.25, -0.2) is 9.78 Å². The summed E-state index contributed by atoms with van der Waals surface area (Å²) in [5.74, 6) is -1.24. The van der Waals surface area contributed by atoms with Gasteiger partial charge in [0.1, 0.15) is 17.2 Å². The van der Waals surface area contributed by atoms with Crippen LogP contribution in [-0.4, -0.2) is 22.8 Å². The molecule has 0 radical (unpaired) electrons. The molecule has 0 aliphatic carbocycles. The SMILES string of the molecule is CC(C)C(NC(=O)c1cc2ccccc2oc1=O)C(=O)Nc1nccs1. The maximum atomic E-state index is 12.6. The first kappa shape index (κ1) is 17.8. The maximum Gasteiger partial charge on any atom is 0.349 e. The normalized spacial score (nSPS) is 12.1. The lowest BCUT2D eigenvalue weighted by Gasteiger charge is -2.20. The lowest BCUT2D eigenvalue weighted by atomic mass is 10.0. The third-order valence-corrected chi connectivity index (χ3v) is 4.47. The highest BCUT2D eigenvalue weighted by Gasteiger charge is 2.26. The van der Waals surface area contributed by atoms with E-state index < -0.39 is 23.5 Å². The Labute approximate surface area is 153 Å². The molecular formula is C18H17N3O4S. The maximum absolute atomic E-state index is 12.6. The van der Waals surface area contributed by atoms with Crippen LogP contribution in [0.5, 0.6) is 0 Å². The van der Waals surface area contributed by atoms with Crippen LogP contribution in [0, 0.1) is 5.92 Å². The van der Waals surface area contributed by atoms with Gasteiger partial charge in [-0.2, -0.15) is 0 Å². The van der Waals surface area contributed by atoms with Crippen LogP contribution in [0.3, 0.4) is 0 Å². The van der Waals surface area contributed by atoms with Crippen molar-refractivity contribution in [3.05, 3.63) is 57.9 Å². The topological polar surface area (TPSA) is 101 Å². The summed E-state index contributed by atoms with van der Waals surface area (Å²) in [5, 5.41) is 8.08. The fraction of sp³-hybridized carbons (Fsp3) is 0.222. The van der Waals surface area contributed by atoms with Gasteiger partial charge in [-0.15, -0.1) is 11.3 Å². The van der Waals surface area contributed by atoms with Crippen LogP contribution in [0.15, 0.2) is 51.1 Å². The number of hydrogen-bond donors (Lipinski definition) is 2. The highest BCUT2D eigenvalue weighted by molar-refractivity contribution is 7.13. The van der Waals surface area contributed by atoms with Gasteiger partial charge in [-0.3, -0.25) is 9.59 Å². The second kappa shape index (κ2) is 7.49. The molecular weight excluding hydrogens is 354 g/mol. The van der Waals surface area contributed by atoms with Crippen molar-refractivity contribution in [2.75, 3.05) is 5.32 Å². The molecule has 0 aliphatic rings. The molecule has 3 aromatic rings. The summed E-state index contributed by atoms with van der Waals surface area (Å²) < 4.78 is 5.18. The van der Waals surface area contributed by atoms with E-state index >= 15 is 0 Å². The number of amides is 2. The van der Waals surface area contributed by atoms with Gasteiger partial charge in [0.2, 0.25) is 5.91 Å². The molecule has 0 bridgehead atoms. The van der Waals surface area contributed by atoms with E-state index in [1.807, 2.05) is 0 Å². The first-order chi connectivity index (χ1) is 12.5. The van der Waals surface area contributed by atoms with Crippen LogP contribution in [0.25, 0.3) is 11.0 Å². The zero-order valence-electron chi connectivity index (χ0n) is 14.2. The van der Waals surface area contributed by atoms with E-state index in [1.54, 1.807) is 49.7 Å². The van der Waals surface area contributed by atoms with E-state index in [1.165, 1.54) is 17.4 Å². The number of fused-ring (bicyclic) bond motifs is 1. The Morgan fingerprint density at radius 2 is 2.00 bits per heavy atom. The summed E-state index contributed by atoms with van der Waals surface area (Å²) in [6, 6.07) is 7.55. The number of nitrogens with one attached hydrogen (secondary N) is 2. The van der Waals surface area contributed by atoms with E-state index in [0.717, 1.165) is 0 Å². The van der Waals surface area contributed by atoms with Crippen LogP contribution in [-0.2, 0) is 4.79 Å². The molecule has 8 heteroatoms. The predicted molar refractivity (Wildman–Crippen MR) is 99.3 cm³/mol. The molecule has 0 saturated carbocycles. The van der Waals surface area contributed by atoms with Gasteiger partial charge in [0.05, 0.1) is 0 Å². The molecule has 2 heterocycles. The van der Waals surface area contributed by atoms with Gasteiger partial charge < -0.3 is 15.1 Å². The molecule has 1 aromatic carbocycles. The van der Waals surface area contributed by atoms with E-state index in [2.05, 4.69) is 15.6 Å². The molecule has 0 aliphatic heterocycles. The van der Waals surface area contributed by atoms with Crippen molar-refractivity contribution in [2.24, 2.45) is 5.92 Å². The third kappa shape index (κ3) is 3.80. The summed E-state index contributed by atoms with van der Waals surface area (Å²) in [5.41, 5.74) is -0.489. The molecule has 0 saturated heterocycles. The van der Waals surface area contributed by atoms with Crippen molar-refractivity contribution in [1.29, 1.82) is 0 Å². The van der Waals surface area contributed by atoms with E-state index in [0.29, 0.717) is 16.1 Å². The number of carbonyl (C=O) groups is 2. The molecule has 134 valence electrons. The lowest BCUT2D eigenvalue weighted by Crippen LogP contribution is -2.47. The molecule has 2 aromatic heterocycles. The van der Waals surface area contributed by atoms with Crippen molar-refractivity contribution in [3.63, 3.8) is 0 Å². The van der Waals surface area contributed by atoms with E-state index in [4.69, 9.17) is 4.42 Å². The van der Waals surface area contributed by atoms with E-state index in [9.17, 15) is 14.4 Å². The summed E-state index contributed by atoms with van der Waals surface area (Å²) >= 11 is 1.28. The molecule has 26 heavy (non-hydrogen) atoms. The van der Waals surface area contributed by atoms with Crippen LogP contribution in [0.2, 0.25) is 0 Å². The van der Waals surface area contributed by atoms with Gasteiger partial charge in [0, 0.05) is 17.0 Å². The fourth-order valence-electron chi connectivity index (χ4n) is 2.44. The van der Waals surface area contributed by atoms with Gasteiger partial charge in [0.25, 0.3) is 5.91 Å². The summed E-state index contributed by atoms with van der Waals surface area (Å²) in [6.45, 7) is 3.60. The highest BCUT2D eigenvalue weighted by Crippen LogP contribution is 2.15. The van der Waals surface area contributed by atoms with Gasteiger partial charge in [0.15, 0.2) is 5.13 Å². The minimum absolute atomic E-state index is 0.142. The Bertz CT molecular complexity index is 995. The summed E-state index contributed by atoms with van der Waals surface area (Å²) in [6.07, 6.45) is 1.57. The minimum Gasteiger partial charge on any atom is -0.422 e. The van der Waals surface area contributed by atoms with Crippen LogP contribution < -0.4 is 16.3 Å². The van der Waals surface area contributed by atoms with Crippen LogP contribution >= 0.6 is 11.3 Å². The van der Waals surface area contributed by atoms with E-state index in [-0.39, 0.29) is 11.5 Å². The van der Waals surface area contributed by atoms with Crippen molar-refractivity contribution in [1.82, 2.24) is 10.3 Å². The van der Waals surface area contributed by atoms with Crippen molar-refractivity contribution in [2.45, 2.75) is 19.9 Å². The first-order valence-electron chi connectivity index (χ1n) is 8.00. The van der Waals surface area contributed by atoms with Gasteiger partial charge in [-0.1, -0.05) is 32.0 Å². The Hall–Kier alpha value is -3.00. The average molecular weight is 371 g/mol. The number of aromatic nitrogens is 1. The Morgan fingerprint density at radius 1 is 1.23 bits per heavy atom.